The highest BCUT2D eigenvalue weighted by atomic mass is 35.5. The average Bonchev–Trinajstić information content (AvgIpc) is 2.34. The fourth-order valence-electron chi connectivity index (χ4n) is 1.71. The summed E-state index contributed by atoms with van der Waals surface area (Å²) in [7, 11) is 0. The van der Waals surface area contributed by atoms with Crippen molar-refractivity contribution < 1.29 is 9.59 Å². The first-order valence-electron chi connectivity index (χ1n) is 6.23. The zero-order valence-corrected chi connectivity index (χ0v) is 12.0. The number of benzene rings is 1. The molecule has 0 bridgehead atoms. The average molecular weight is 283 g/mol. The minimum Gasteiger partial charge on any atom is -0.355 e. The Hall–Kier alpha value is -1.55. The Balaban J connectivity index is 2.43. The number of carbonyl (C=O) groups excluding carboxylic acids is 2. The molecule has 1 aromatic rings. The Morgan fingerprint density at radius 1 is 1.16 bits per heavy atom. The van der Waals surface area contributed by atoms with Gasteiger partial charge in [0.2, 0.25) is 11.8 Å². The monoisotopic (exact) mass is 282 g/mol. The molecular formula is C14H19ClN2O2. The molecule has 104 valence electrons. The van der Waals surface area contributed by atoms with Crippen LogP contribution in [0.25, 0.3) is 0 Å². The number of amides is 2. The van der Waals surface area contributed by atoms with Crippen LogP contribution in [-0.2, 0) is 16.0 Å². The largest absolute Gasteiger partial charge is 0.355 e. The van der Waals surface area contributed by atoms with Crippen LogP contribution >= 0.6 is 11.6 Å². The standard InChI is InChI=1S/C14H19ClN2O2/c1-11(18)16-8-10-17(12(2)19)9-7-13-3-5-14(15)6-4-13/h3-6H,7-10H2,1-2H3,(H,16,18). The normalized spacial score (nSPS) is 10.1. The molecule has 0 aliphatic heterocycles. The number of hydrogen-bond donors (Lipinski definition) is 1. The molecule has 1 N–H and O–H groups in total. The molecule has 4 nitrogen and oxygen atoms in total. The van der Waals surface area contributed by atoms with E-state index in [2.05, 4.69) is 5.32 Å². The van der Waals surface area contributed by atoms with Gasteiger partial charge in [0.05, 0.1) is 0 Å². The predicted molar refractivity (Wildman–Crippen MR) is 76.1 cm³/mol. The van der Waals surface area contributed by atoms with Crippen molar-refractivity contribution in [3.8, 4) is 0 Å². The van der Waals surface area contributed by atoms with E-state index in [1.54, 1.807) is 4.90 Å². The van der Waals surface area contributed by atoms with Crippen molar-refractivity contribution >= 4 is 23.4 Å². The van der Waals surface area contributed by atoms with Crippen LogP contribution in [0.4, 0.5) is 0 Å². The molecule has 19 heavy (non-hydrogen) atoms. The van der Waals surface area contributed by atoms with Crippen molar-refractivity contribution in [3.05, 3.63) is 34.9 Å². The van der Waals surface area contributed by atoms with E-state index < -0.39 is 0 Å². The van der Waals surface area contributed by atoms with Crippen molar-refractivity contribution in [1.82, 2.24) is 10.2 Å². The Bertz CT molecular complexity index is 432. The van der Waals surface area contributed by atoms with E-state index in [0.29, 0.717) is 24.7 Å². The van der Waals surface area contributed by atoms with Crippen LogP contribution in [0.5, 0.6) is 0 Å². The van der Waals surface area contributed by atoms with E-state index >= 15 is 0 Å². The number of carbonyl (C=O) groups is 2. The molecule has 0 atom stereocenters. The topological polar surface area (TPSA) is 49.4 Å². The molecule has 0 fully saturated rings. The van der Waals surface area contributed by atoms with Gasteiger partial charge in [0.1, 0.15) is 0 Å². The van der Waals surface area contributed by atoms with E-state index in [1.807, 2.05) is 24.3 Å². The second-order valence-electron chi connectivity index (χ2n) is 4.37. The van der Waals surface area contributed by atoms with Crippen LogP contribution in [0.15, 0.2) is 24.3 Å². The SMILES string of the molecule is CC(=O)NCCN(CCc1ccc(Cl)cc1)C(C)=O. The van der Waals surface area contributed by atoms with Gasteiger partial charge in [0.15, 0.2) is 0 Å². The fraction of sp³-hybridized carbons (Fsp3) is 0.429. The number of halogens is 1. The molecule has 0 aliphatic rings. The second kappa shape index (κ2) is 7.79. The molecule has 0 spiro atoms. The Morgan fingerprint density at radius 2 is 1.79 bits per heavy atom. The smallest absolute Gasteiger partial charge is 0.219 e. The van der Waals surface area contributed by atoms with Crippen molar-refractivity contribution in [1.29, 1.82) is 0 Å². The molecule has 0 saturated heterocycles. The lowest BCUT2D eigenvalue weighted by Gasteiger charge is -2.21. The molecular weight excluding hydrogens is 264 g/mol. The lowest BCUT2D eigenvalue weighted by atomic mass is 10.1. The van der Waals surface area contributed by atoms with Gasteiger partial charge in [-0.2, -0.15) is 0 Å². The Kier molecular flexibility index (Phi) is 6.36. The Morgan fingerprint density at radius 3 is 2.32 bits per heavy atom. The molecule has 5 heteroatoms. The summed E-state index contributed by atoms with van der Waals surface area (Å²) in [5.41, 5.74) is 1.13. The summed E-state index contributed by atoms with van der Waals surface area (Å²) in [6.07, 6.45) is 0.775. The van der Waals surface area contributed by atoms with Crippen LogP contribution in [0.1, 0.15) is 19.4 Å². The maximum Gasteiger partial charge on any atom is 0.219 e. The third-order valence-electron chi connectivity index (χ3n) is 2.78. The fourth-order valence-corrected chi connectivity index (χ4v) is 1.83. The highest BCUT2D eigenvalue weighted by Crippen LogP contribution is 2.10. The zero-order chi connectivity index (χ0) is 14.3. The molecule has 0 heterocycles. The Labute approximate surface area is 118 Å². The van der Waals surface area contributed by atoms with E-state index in [9.17, 15) is 9.59 Å². The van der Waals surface area contributed by atoms with Crippen molar-refractivity contribution in [2.75, 3.05) is 19.6 Å². The quantitative estimate of drug-likeness (QED) is 0.866. The lowest BCUT2D eigenvalue weighted by Crippen LogP contribution is -2.38. The van der Waals surface area contributed by atoms with Crippen LogP contribution in [-0.4, -0.2) is 36.3 Å². The molecule has 1 rings (SSSR count). The van der Waals surface area contributed by atoms with E-state index in [0.717, 1.165) is 12.0 Å². The van der Waals surface area contributed by atoms with Gasteiger partial charge in [0.25, 0.3) is 0 Å². The molecule has 0 aromatic heterocycles. The highest BCUT2D eigenvalue weighted by Gasteiger charge is 2.08. The summed E-state index contributed by atoms with van der Waals surface area (Å²) in [4.78, 5) is 24.0. The summed E-state index contributed by atoms with van der Waals surface area (Å²) in [6, 6.07) is 7.58. The number of hydrogen-bond acceptors (Lipinski definition) is 2. The zero-order valence-electron chi connectivity index (χ0n) is 11.3. The van der Waals surface area contributed by atoms with E-state index in [1.165, 1.54) is 13.8 Å². The van der Waals surface area contributed by atoms with Crippen molar-refractivity contribution in [3.63, 3.8) is 0 Å². The number of rotatable bonds is 6. The van der Waals surface area contributed by atoms with Crippen LogP contribution in [0, 0.1) is 0 Å². The maximum absolute atomic E-state index is 11.5. The van der Waals surface area contributed by atoms with Gasteiger partial charge in [0, 0.05) is 38.5 Å². The van der Waals surface area contributed by atoms with Gasteiger partial charge in [-0.1, -0.05) is 23.7 Å². The van der Waals surface area contributed by atoms with Gasteiger partial charge in [-0.05, 0) is 24.1 Å². The van der Waals surface area contributed by atoms with Crippen LogP contribution in [0.3, 0.4) is 0 Å². The highest BCUT2D eigenvalue weighted by molar-refractivity contribution is 6.30. The lowest BCUT2D eigenvalue weighted by molar-refractivity contribution is -0.129. The molecule has 0 saturated carbocycles. The van der Waals surface area contributed by atoms with Gasteiger partial charge in [-0.25, -0.2) is 0 Å². The summed E-state index contributed by atoms with van der Waals surface area (Å²) in [5.74, 6) is -0.0690. The molecule has 0 radical (unpaired) electrons. The number of nitrogens with zero attached hydrogens (tertiary/aromatic N) is 1. The first-order valence-corrected chi connectivity index (χ1v) is 6.61. The van der Waals surface area contributed by atoms with Crippen molar-refractivity contribution in [2.24, 2.45) is 0 Å². The third-order valence-corrected chi connectivity index (χ3v) is 3.04. The third kappa shape index (κ3) is 6.25. The van der Waals surface area contributed by atoms with Gasteiger partial charge < -0.3 is 10.2 Å². The molecule has 2 amide bonds. The van der Waals surface area contributed by atoms with Gasteiger partial charge in [-0.3, -0.25) is 9.59 Å². The first kappa shape index (κ1) is 15.5. The van der Waals surface area contributed by atoms with Gasteiger partial charge in [-0.15, -0.1) is 0 Å². The summed E-state index contributed by atoms with van der Waals surface area (Å²) in [5, 5.41) is 3.39. The summed E-state index contributed by atoms with van der Waals surface area (Å²) in [6.45, 7) is 4.65. The minimum absolute atomic E-state index is 0.0133. The van der Waals surface area contributed by atoms with Crippen molar-refractivity contribution in [2.45, 2.75) is 20.3 Å². The first-order chi connectivity index (χ1) is 8.99. The summed E-state index contributed by atoms with van der Waals surface area (Å²) >= 11 is 5.82. The van der Waals surface area contributed by atoms with Crippen LogP contribution < -0.4 is 5.32 Å². The summed E-state index contributed by atoms with van der Waals surface area (Å²) < 4.78 is 0. The number of nitrogens with one attached hydrogen (secondary N) is 1. The predicted octanol–water partition coefficient (Wildman–Crippen LogP) is 1.87. The maximum atomic E-state index is 11.5. The van der Waals surface area contributed by atoms with E-state index in [-0.39, 0.29) is 11.8 Å². The van der Waals surface area contributed by atoms with Crippen LogP contribution in [0.2, 0.25) is 5.02 Å². The molecule has 0 unspecified atom stereocenters. The second-order valence-corrected chi connectivity index (χ2v) is 4.80. The molecule has 1 aromatic carbocycles. The van der Waals surface area contributed by atoms with Gasteiger partial charge >= 0.3 is 0 Å². The molecule has 0 aliphatic carbocycles. The van der Waals surface area contributed by atoms with E-state index in [4.69, 9.17) is 11.6 Å². The minimum atomic E-state index is -0.0822.